The molecule has 0 unspecified atom stereocenters. The highest BCUT2D eigenvalue weighted by Crippen LogP contribution is 2.30. The lowest BCUT2D eigenvalue weighted by molar-refractivity contribution is -0.385. The summed E-state index contributed by atoms with van der Waals surface area (Å²) in [5, 5.41) is 17.4. The van der Waals surface area contributed by atoms with E-state index in [0.29, 0.717) is 23.8 Å². The number of rotatable bonds is 7. The van der Waals surface area contributed by atoms with Gasteiger partial charge in [0.2, 0.25) is 5.91 Å². The molecule has 2 aromatic rings. The average Bonchev–Trinajstić information content (AvgIpc) is 3.34. The summed E-state index contributed by atoms with van der Waals surface area (Å²) in [6.45, 7) is 3.59. The van der Waals surface area contributed by atoms with Crippen LogP contribution < -0.4 is 5.32 Å². The summed E-state index contributed by atoms with van der Waals surface area (Å²) in [7, 11) is 0. The first kappa shape index (κ1) is 18.6. The minimum Gasteiger partial charge on any atom is -0.360 e. The van der Waals surface area contributed by atoms with E-state index in [4.69, 9.17) is 4.52 Å². The molecule has 0 aliphatic heterocycles. The molecule has 1 aromatic carbocycles. The number of nitrogens with zero attached hydrogens (tertiary/aromatic N) is 3. The van der Waals surface area contributed by atoms with Gasteiger partial charge in [0, 0.05) is 29.8 Å². The van der Waals surface area contributed by atoms with Crippen LogP contribution in [0.2, 0.25) is 0 Å². The van der Waals surface area contributed by atoms with Gasteiger partial charge in [0.15, 0.2) is 5.82 Å². The van der Waals surface area contributed by atoms with E-state index in [0.717, 1.165) is 12.8 Å². The Morgan fingerprint density at radius 2 is 2.07 bits per heavy atom. The lowest BCUT2D eigenvalue weighted by Crippen LogP contribution is -2.39. The topological polar surface area (TPSA) is 119 Å². The van der Waals surface area contributed by atoms with E-state index in [2.05, 4.69) is 10.5 Å². The van der Waals surface area contributed by atoms with Crippen molar-refractivity contribution in [2.24, 2.45) is 5.92 Å². The fourth-order valence-electron chi connectivity index (χ4n) is 2.73. The second-order valence-corrected chi connectivity index (χ2v) is 6.76. The molecule has 1 heterocycles. The molecule has 3 rings (SSSR count). The highest BCUT2D eigenvalue weighted by Gasteiger charge is 2.29. The molecule has 27 heavy (non-hydrogen) atoms. The van der Waals surface area contributed by atoms with Crippen molar-refractivity contribution in [1.29, 1.82) is 0 Å². The summed E-state index contributed by atoms with van der Waals surface area (Å²) in [4.78, 5) is 37.2. The van der Waals surface area contributed by atoms with Gasteiger partial charge in [-0.25, -0.2) is 0 Å². The van der Waals surface area contributed by atoms with Crippen LogP contribution in [0, 0.1) is 29.9 Å². The van der Waals surface area contributed by atoms with Gasteiger partial charge in [-0.3, -0.25) is 19.7 Å². The Balaban J connectivity index is 1.75. The van der Waals surface area contributed by atoms with Crippen molar-refractivity contribution in [3.63, 3.8) is 0 Å². The predicted molar refractivity (Wildman–Crippen MR) is 96.3 cm³/mol. The summed E-state index contributed by atoms with van der Waals surface area (Å²) < 4.78 is 4.90. The van der Waals surface area contributed by atoms with Crippen LogP contribution in [-0.2, 0) is 4.79 Å². The smallest absolute Gasteiger partial charge is 0.273 e. The summed E-state index contributed by atoms with van der Waals surface area (Å²) in [5.41, 5.74) is 0.553. The minimum atomic E-state index is -0.517. The molecule has 0 radical (unpaired) electrons. The van der Waals surface area contributed by atoms with E-state index in [1.54, 1.807) is 32.0 Å². The summed E-state index contributed by atoms with van der Waals surface area (Å²) >= 11 is 0. The second kappa shape index (κ2) is 7.56. The van der Waals surface area contributed by atoms with Crippen LogP contribution in [0.3, 0.4) is 0 Å². The first-order valence-corrected chi connectivity index (χ1v) is 8.61. The van der Waals surface area contributed by atoms with Crippen LogP contribution in [0.25, 0.3) is 0 Å². The van der Waals surface area contributed by atoms with Crippen molar-refractivity contribution < 1.29 is 19.0 Å². The lowest BCUT2D eigenvalue weighted by atomic mass is 10.1. The molecule has 1 fully saturated rings. The molecule has 0 atom stereocenters. The third-order valence-corrected chi connectivity index (χ3v) is 4.35. The number of amides is 2. The molecule has 142 valence electrons. The molecule has 0 saturated heterocycles. The third kappa shape index (κ3) is 4.69. The maximum Gasteiger partial charge on any atom is 0.273 e. The van der Waals surface area contributed by atoms with E-state index in [9.17, 15) is 19.7 Å². The number of aryl methyl sites for hydroxylation is 2. The molecule has 9 nitrogen and oxygen atoms in total. The number of carbonyl (C=O) groups excluding carboxylic acids is 2. The maximum atomic E-state index is 12.9. The molecule has 1 saturated carbocycles. The number of nitro benzene ring substituents is 1. The van der Waals surface area contributed by atoms with Crippen LogP contribution in [0.15, 0.2) is 28.8 Å². The van der Waals surface area contributed by atoms with Gasteiger partial charge >= 0.3 is 0 Å². The van der Waals surface area contributed by atoms with Crippen molar-refractivity contribution in [2.45, 2.75) is 26.7 Å². The molecule has 2 amide bonds. The maximum absolute atomic E-state index is 12.9. The van der Waals surface area contributed by atoms with Crippen LogP contribution in [0.5, 0.6) is 0 Å². The number of carbonyl (C=O) groups is 2. The van der Waals surface area contributed by atoms with E-state index < -0.39 is 16.7 Å². The number of hydrogen-bond acceptors (Lipinski definition) is 6. The fraction of sp³-hybridized carbons (Fsp3) is 0.389. The average molecular weight is 372 g/mol. The first-order chi connectivity index (χ1) is 12.8. The predicted octanol–water partition coefficient (Wildman–Crippen LogP) is 2.69. The summed E-state index contributed by atoms with van der Waals surface area (Å²) in [6.07, 6.45) is 2.00. The van der Waals surface area contributed by atoms with E-state index >= 15 is 0 Å². The zero-order valence-corrected chi connectivity index (χ0v) is 15.1. The molecule has 1 N–H and O–H groups in total. The molecule has 9 heteroatoms. The van der Waals surface area contributed by atoms with Crippen molar-refractivity contribution in [3.05, 3.63) is 51.3 Å². The van der Waals surface area contributed by atoms with Gasteiger partial charge in [-0.15, -0.1) is 0 Å². The second-order valence-electron chi connectivity index (χ2n) is 6.76. The quantitative estimate of drug-likeness (QED) is 0.589. The molecule has 1 aliphatic rings. The van der Waals surface area contributed by atoms with Crippen LogP contribution in [0.1, 0.15) is 34.5 Å². The first-order valence-electron chi connectivity index (χ1n) is 8.61. The van der Waals surface area contributed by atoms with Gasteiger partial charge in [0.05, 0.1) is 4.92 Å². The van der Waals surface area contributed by atoms with E-state index in [1.165, 1.54) is 11.0 Å². The Kier molecular flexibility index (Phi) is 5.20. The zero-order chi connectivity index (χ0) is 19.6. The highest BCUT2D eigenvalue weighted by molar-refractivity contribution is 5.99. The number of nitro groups is 1. The van der Waals surface area contributed by atoms with Crippen LogP contribution in [0.4, 0.5) is 11.5 Å². The van der Waals surface area contributed by atoms with Gasteiger partial charge in [-0.1, -0.05) is 11.2 Å². The van der Waals surface area contributed by atoms with Gasteiger partial charge in [-0.2, -0.15) is 0 Å². The Bertz CT molecular complexity index is 888. The van der Waals surface area contributed by atoms with Crippen molar-refractivity contribution in [1.82, 2.24) is 10.1 Å². The van der Waals surface area contributed by atoms with Crippen molar-refractivity contribution in [3.8, 4) is 0 Å². The van der Waals surface area contributed by atoms with Gasteiger partial charge in [0.1, 0.15) is 12.3 Å². The molecular weight excluding hydrogens is 352 g/mol. The highest BCUT2D eigenvalue weighted by atomic mass is 16.6. The van der Waals surface area contributed by atoms with Crippen molar-refractivity contribution >= 4 is 23.3 Å². The largest absolute Gasteiger partial charge is 0.360 e. The van der Waals surface area contributed by atoms with E-state index in [-0.39, 0.29) is 23.6 Å². The molecule has 0 spiro atoms. The number of aromatic nitrogens is 1. The van der Waals surface area contributed by atoms with Crippen LogP contribution in [-0.4, -0.2) is 39.9 Å². The molecule has 1 aromatic heterocycles. The van der Waals surface area contributed by atoms with Crippen molar-refractivity contribution in [2.75, 3.05) is 18.4 Å². The van der Waals surface area contributed by atoms with Gasteiger partial charge < -0.3 is 14.7 Å². The third-order valence-electron chi connectivity index (χ3n) is 4.35. The Morgan fingerprint density at radius 3 is 2.67 bits per heavy atom. The summed E-state index contributed by atoms with van der Waals surface area (Å²) in [6, 6.07) is 5.92. The summed E-state index contributed by atoms with van der Waals surface area (Å²) in [5.74, 6) is 0.386. The number of benzene rings is 1. The van der Waals surface area contributed by atoms with Gasteiger partial charge in [0.25, 0.3) is 11.6 Å². The number of nitrogens with one attached hydrogen (secondary N) is 1. The Morgan fingerprint density at radius 1 is 1.33 bits per heavy atom. The van der Waals surface area contributed by atoms with Gasteiger partial charge in [-0.05, 0) is 38.7 Å². The number of hydrogen-bond donors (Lipinski definition) is 1. The molecular formula is C18H20N4O5. The normalized spacial score (nSPS) is 13.3. The monoisotopic (exact) mass is 372 g/mol. The number of anilines is 1. The zero-order valence-electron chi connectivity index (χ0n) is 15.1. The SMILES string of the molecule is Cc1cc(NC(=O)CN(CC2CC2)C(=O)c2ccc(C)c([N+](=O)[O-])c2)no1. The Labute approximate surface area is 155 Å². The Hall–Kier alpha value is -3.23. The lowest BCUT2D eigenvalue weighted by Gasteiger charge is -2.22. The molecule has 0 bridgehead atoms. The van der Waals surface area contributed by atoms with Crippen LogP contribution >= 0.6 is 0 Å². The molecule has 1 aliphatic carbocycles. The fourth-order valence-corrected chi connectivity index (χ4v) is 2.73. The van der Waals surface area contributed by atoms with E-state index in [1.807, 2.05) is 0 Å². The minimum absolute atomic E-state index is 0.116. The standard InChI is InChI=1S/C18H20N4O5/c1-11-3-6-14(8-15(11)22(25)26)18(24)21(9-13-4-5-13)10-17(23)19-16-7-12(2)27-20-16/h3,6-8,13H,4-5,9-10H2,1-2H3,(H,19,20,23).